The minimum Gasteiger partial charge on any atom is -0.389 e. The number of rotatable bonds is 6. The van der Waals surface area contributed by atoms with E-state index in [0.29, 0.717) is 21.8 Å². The quantitative estimate of drug-likeness (QED) is 0.802. The third kappa shape index (κ3) is 4.66. The molecule has 0 saturated carbocycles. The standard InChI is InChI=1S/C15H23ClN2S/c1-10(2)8-18(9-11(3)4)13-7-5-6-12(16)14(13)15(17)19/h5-7,10-11H,8-9H2,1-4H3,(H2,17,19). The van der Waals surface area contributed by atoms with E-state index in [2.05, 4.69) is 32.6 Å². The van der Waals surface area contributed by atoms with Gasteiger partial charge in [0.2, 0.25) is 0 Å². The van der Waals surface area contributed by atoms with Crippen molar-refractivity contribution < 1.29 is 0 Å². The highest BCUT2D eigenvalue weighted by Crippen LogP contribution is 2.28. The van der Waals surface area contributed by atoms with Crippen molar-refractivity contribution >= 4 is 34.5 Å². The molecule has 0 aromatic heterocycles. The summed E-state index contributed by atoms with van der Waals surface area (Å²) in [6, 6.07) is 5.83. The highest BCUT2D eigenvalue weighted by Gasteiger charge is 2.17. The number of nitrogens with zero attached hydrogens (tertiary/aromatic N) is 1. The first-order chi connectivity index (χ1) is 8.82. The summed E-state index contributed by atoms with van der Waals surface area (Å²) in [5, 5.41) is 0.627. The summed E-state index contributed by atoms with van der Waals surface area (Å²) in [6.07, 6.45) is 0. The second-order valence-corrected chi connectivity index (χ2v) is 6.54. The molecule has 0 unspecified atom stereocenters. The molecular weight excluding hydrogens is 276 g/mol. The number of halogens is 1. The summed E-state index contributed by atoms with van der Waals surface area (Å²) < 4.78 is 0. The lowest BCUT2D eigenvalue weighted by atomic mass is 10.1. The molecule has 2 N–H and O–H groups in total. The molecule has 0 heterocycles. The summed E-state index contributed by atoms with van der Waals surface area (Å²) >= 11 is 11.4. The lowest BCUT2D eigenvalue weighted by molar-refractivity contribution is 0.552. The number of nitrogens with two attached hydrogens (primary N) is 1. The first kappa shape index (κ1) is 16.3. The van der Waals surface area contributed by atoms with Crippen LogP contribution >= 0.6 is 23.8 Å². The van der Waals surface area contributed by atoms with Crippen LogP contribution in [0.4, 0.5) is 5.69 Å². The number of hydrogen-bond acceptors (Lipinski definition) is 2. The third-order valence-corrected chi connectivity index (χ3v) is 3.27. The first-order valence-electron chi connectivity index (χ1n) is 6.66. The highest BCUT2D eigenvalue weighted by molar-refractivity contribution is 7.80. The summed E-state index contributed by atoms with van der Waals surface area (Å²) in [7, 11) is 0. The molecule has 0 atom stereocenters. The molecule has 106 valence electrons. The minimum absolute atomic E-state index is 0.359. The molecule has 0 aliphatic rings. The monoisotopic (exact) mass is 298 g/mol. The van der Waals surface area contributed by atoms with Gasteiger partial charge in [-0.05, 0) is 24.0 Å². The van der Waals surface area contributed by atoms with Gasteiger partial charge in [-0.1, -0.05) is 57.6 Å². The number of hydrogen-bond donors (Lipinski definition) is 1. The smallest absolute Gasteiger partial charge is 0.107 e. The second-order valence-electron chi connectivity index (χ2n) is 5.69. The van der Waals surface area contributed by atoms with E-state index in [0.717, 1.165) is 24.3 Å². The summed E-state index contributed by atoms with van der Waals surface area (Å²) in [5.41, 5.74) is 7.67. The van der Waals surface area contributed by atoms with Crippen LogP contribution in [0.3, 0.4) is 0 Å². The summed E-state index contributed by atoms with van der Waals surface area (Å²) in [4.78, 5) is 2.69. The van der Waals surface area contributed by atoms with Crippen molar-refractivity contribution in [3.05, 3.63) is 28.8 Å². The maximum atomic E-state index is 6.25. The van der Waals surface area contributed by atoms with Crippen molar-refractivity contribution in [3.63, 3.8) is 0 Å². The van der Waals surface area contributed by atoms with Crippen LogP contribution < -0.4 is 10.6 Å². The fourth-order valence-electron chi connectivity index (χ4n) is 2.17. The number of thiocarbonyl (C=S) groups is 1. The Morgan fingerprint density at radius 2 is 1.74 bits per heavy atom. The van der Waals surface area contributed by atoms with Gasteiger partial charge in [0, 0.05) is 18.8 Å². The third-order valence-electron chi connectivity index (χ3n) is 2.75. The van der Waals surface area contributed by atoms with E-state index in [1.807, 2.05) is 18.2 Å². The molecule has 0 spiro atoms. The molecule has 1 aromatic rings. The van der Waals surface area contributed by atoms with Gasteiger partial charge < -0.3 is 10.6 Å². The molecule has 1 rings (SSSR count). The van der Waals surface area contributed by atoms with E-state index in [1.165, 1.54) is 0 Å². The van der Waals surface area contributed by atoms with E-state index in [-0.39, 0.29) is 0 Å². The molecule has 0 radical (unpaired) electrons. The Balaban J connectivity index is 3.21. The maximum absolute atomic E-state index is 6.25. The zero-order chi connectivity index (χ0) is 14.6. The van der Waals surface area contributed by atoms with E-state index in [9.17, 15) is 0 Å². The predicted octanol–water partition coefficient (Wildman–Crippen LogP) is 4.09. The van der Waals surface area contributed by atoms with E-state index < -0.39 is 0 Å². The van der Waals surface area contributed by atoms with E-state index in [4.69, 9.17) is 29.6 Å². The van der Waals surface area contributed by atoms with E-state index in [1.54, 1.807) is 0 Å². The predicted molar refractivity (Wildman–Crippen MR) is 89.2 cm³/mol. The molecule has 0 aliphatic carbocycles. The lowest BCUT2D eigenvalue weighted by Crippen LogP contribution is -2.33. The Kier molecular flexibility index (Phi) is 6.08. The van der Waals surface area contributed by atoms with Gasteiger partial charge in [-0.25, -0.2) is 0 Å². The van der Waals surface area contributed by atoms with Crippen LogP contribution in [-0.2, 0) is 0 Å². The SMILES string of the molecule is CC(C)CN(CC(C)C)c1cccc(Cl)c1C(N)=S. The molecule has 1 aromatic carbocycles. The molecule has 2 nitrogen and oxygen atoms in total. The lowest BCUT2D eigenvalue weighted by Gasteiger charge is -2.30. The summed E-state index contributed by atoms with van der Waals surface area (Å²) in [6.45, 7) is 10.8. The van der Waals surface area contributed by atoms with Gasteiger partial charge in [0.1, 0.15) is 4.99 Å². The van der Waals surface area contributed by atoms with Gasteiger partial charge in [-0.2, -0.15) is 0 Å². The van der Waals surface area contributed by atoms with Crippen LogP contribution in [0.15, 0.2) is 18.2 Å². The van der Waals surface area contributed by atoms with E-state index >= 15 is 0 Å². The molecule has 4 heteroatoms. The van der Waals surface area contributed by atoms with Crippen LogP contribution in [0.25, 0.3) is 0 Å². The van der Waals surface area contributed by atoms with Crippen LogP contribution in [-0.4, -0.2) is 18.1 Å². The Labute approximate surface area is 126 Å². The fourth-order valence-corrected chi connectivity index (χ4v) is 2.71. The molecule has 0 saturated heterocycles. The van der Waals surface area contributed by atoms with Gasteiger partial charge in [0.05, 0.1) is 10.6 Å². The average Bonchev–Trinajstić information content (AvgIpc) is 2.25. The Hall–Kier alpha value is -0.800. The fraction of sp³-hybridized carbons (Fsp3) is 0.533. The Morgan fingerprint density at radius 3 is 2.16 bits per heavy atom. The van der Waals surface area contributed by atoms with Crippen molar-refractivity contribution in [1.29, 1.82) is 0 Å². The first-order valence-corrected chi connectivity index (χ1v) is 7.44. The Bertz CT molecular complexity index is 434. The molecule has 0 bridgehead atoms. The van der Waals surface area contributed by atoms with Crippen molar-refractivity contribution in [2.45, 2.75) is 27.7 Å². The topological polar surface area (TPSA) is 29.3 Å². The largest absolute Gasteiger partial charge is 0.389 e. The van der Waals surface area contributed by atoms with Crippen molar-refractivity contribution in [1.82, 2.24) is 0 Å². The van der Waals surface area contributed by atoms with Crippen LogP contribution in [0.1, 0.15) is 33.3 Å². The second kappa shape index (κ2) is 7.11. The van der Waals surface area contributed by atoms with Gasteiger partial charge in [0.15, 0.2) is 0 Å². The number of benzene rings is 1. The maximum Gasteiger partial charge on any atom is 0.107 e. The highest BCUT2D eigenvalue weighted by atomic mass is 35.5. The van der Waals surface area contributed by atoms with Crippen molar-refractivity contribution in [2.24, 2.45) is 17.6 Å². The minimum atomic E-state index is 0.359. The summed E-state index contributed by atoms with van der Waals surface area (Å²) in [5.74, 6) is 1.13. The molecule has 0 fully saturated rings. The van der Waals surface area contributed by atoms with Crippen LogP contribution in [0.5, 0.6) is 0 Å². The normalized spacial score (nSPS) is 11.1. The van der Waals surface area contributed by atoms with Gasteiger partial charge in [-0.15, -0.1) is 0 Å². The average molecular weight is 299 g/mol. The van der Waals surface area contributed by atoms with Crippen LogP contribution in [0, 0.1) is 11.8 Å². The van der Waals surface area contributed by atoms with Gasteiger partial charge in [-0.3, -0.25) is 0 Å². The van der Waals surface area contributed by atoms with Crippen molar-refractivity contribution in [3.8, 4) is 0 Å². The molecule has 19 heavy (non-hydrogen) atoms. The van der Waals surface area contributed by atoms with Crippen molar-refractivity contribution in [2.75, 3.05) is 18.0 Å². The molecule has 0 amide bonds. The Morgan fingerprint density at radius 1 is 1.21 bits per heavy atom. The van der Waals surface area contributed by atoms with Crippen LogP contribution in [0.2, 0.25) is 5.02 Å². The molecule has 0 aliphatic heterocycles. The van der Waals surface area contributed by atoms with Gasteiger partial charge >= 0.3 is 0 Å². The number of anilines is 1. The van der Waals surface area contributed by atoms with Gasteiger partial charge in [0.25, 0.3) is 0 Å². The molecular formula is C15H23ClN2S. The zero-order valence-corrected chi connectivity index (χ0v) is 13.7. The zero-order valence-electron chi connectivity index (χ0n) is 12.1.